The Kier molecular flexibility index (Phi) is 2.46. The van der Waals surface area contributed by atoms with Crippen LogP contribution in [0.2, 0.25) is 0 Å². The first-order valence-corrected chi connectivity index (χ1v) is 5.50. The fourth-order valence-electron chi connectivity index (χ4n) is 1.84. The van der Waals surface area contributed by atoms with Crippen molar-refractivity contribution in [1.82, 2.24) is 15.4 Å². The molecule has 0 unspecified atom stereocenters. The Morgan fingerprint density at radius 3 is 2.71 bits per heavy atom. The summed E-state index contributed by atoms with van der Waals surface area (Å²) in [6, 6.07) is 10.3. The highest BCUT2D eigenvalue weighted by molar-refractivity contribution is 5.74. The third kappa shape index (κ3) is 1.97. The summed E-state index contributed by atoms with van der Waals surface area (Å²) in [5.74, 6) is 0. The Labute approximate surface area is 99.3 Å². The number of nitrogens with zero attached hydrogens (tertiary/aromatic N) is 3. The van der Waals surface area contributed by atoms with E-state index in [-0.39, 0.29) is 0 Å². The number of aromatic amines is 1. The Bertz CT molecular complexity index is 540. The van der Waals surface area contributed by atoms with Crippen molar-refractivity contribution in [2.75, 3.05) is 11.4 Å². The molecule has 0 amide bonds. The lowest BCUT2D eigenvalue weighted by Gasteiger charge is -2.22. The van der Waals surface area contributed by atoms with Crippen LogP contribution in [-0.2, 0) is 0 Å². The first-order chi connectivity index (χ1) is 8.43. The number of aromatic nitrogens is 3. The molecule has 2 heterocycles. The number of H-pyrrole nitrogens is 1. The van der Waals surface area contributed by atoms with Crippen LogP contribution in [0.5, 0.6) is 0 Å². The van der Waals surface area contributed by atoms with Gasteiger partial charge in [-0.05, 0) is 18.2 Å². The van der Waals surface area contributed by atoms with E-state index < -0.39 is 0 Å². The van der Waals surface area contributed by atoms with E-state index in [0.29, 0.717) is 0 Å². The van der Waals surface area contributed by atoms with Crippen molar-refractivity contribution in [1.29, 1.82) is 0 Å². The van der Waals surface area contributed by atoms with Gasteiger partial charge in [-0.2, -0.15) is 15.4 Å². The van der Waals surface area contributed by atoms with Gasteiger partial charge in [-0.25, -0.2) is 0 Å². The minimum atomic E-state index is 0.850. The van der Waals surface area contributed by atoms with Crippen LogP contribution in [0.3, 0.4) is 0 Å². The molecule has 0 aliphatic carbocycles. The molecule has 3 rings (SSSR count). The Balaban J connectivity index is 1.79. The molecule has 4 nitrogen and oxygen atoms in total. The molecule has 1 aromatic heterocycles. The van der Waals surface area contributed by atoms with E-state index in [0.717, 1.165) is 17.8 Å². The first kappa shape index (κ1) is 9.84. The first-order valence-electron chi connectivity index (χ1n) is 5.50. The summed E-state index contributed by atoms with van der Waals surface area (Å²) in [6.45, 7) is 0.850. The summed E-state index contributed by atoms with van der Waals surface area (Å²) in [4.78, 5) is 2.18. The number of hydrogen-bond donors (Lipinski definition) is 1. The summed E-state index contributed by atoms with van der Waals surface area (Å²) >= 11 is 0. The van der Waals surface area contributed by atoms with E-state index in [2.05, 4.69) is 44.7 Å². The van der Waals surface area contributed by atoms with Crippen LogP contribution in [-0.4, -0.2) is 22.0 Å². The quantitative estimate of drug-likeness (QED) is 0.850. The van der Waals surface area contributed by atoms with Crippen LogP contribution in [0.4, 0.5) is 5.69 Å². The zero-order valence-corrected chi connectivity index (χ0v) is 9.24. The van der Waals surface area contributed by atoms with E-state index in [1.165, 1.54) is 5.69 Å². The zero-order valence-electron chi connectivity index (χ0n) is 9.24. The molecule has 0 atom stereocenters. The molecule has 84 valence electrons. The monoisotopic (exact) mass is 224 g/mol. The molecule has 4 heteroatoms. The van der Waals surface area contributed by atoms with Crippen molar-refractivity contribution in [2.45, 2.75) is 0 Å². The maximum Gasteiger partial charge on any atom is 0.112 e. The number of rotatable bonds is 2. The highest BCUT2D eigenvalue weighted by Crippen LogP contribution is 2.21. The lowest BCUT2D eigenvalue weighted by molar-refractivity contribution is 0.935. The summed E-state index contributed by atoms with van der Waals surface area (Å²) in [5.41, 5.74) is 3.18. The van der Waals surface area contributed by atoms with Crippen LogP contribution >= 0.6 is 0 Å². The lowest BCUT2D eigenvalue weighted by Crippen LogP contribution is -2.18. The van der Waals surface area contributed by atoms with Gasteiger partial charge >= 0.3 is 0 Å². The smallest absolute Gasteiger partial charge is 0.112 e. The third-order valence-electron chi connectivity index (χ3n) is 2.74. The molecule has 1 aromatic carbocycles. The van der Waals surface area contributed by atoms with Crippen molar-refractivity contribution in [3.63, 3.8) is 0 Å². The fraction of sp³-hybridized carbons (Fsp3) is 0.0769. The summed E-state index contributed by atoms with van der Waals surface area (Å²) in [5, 5.41) is 10.5. The maximum atomic E-state index is 4.06. The predicted molar refractivity (Wildman–Crippen MR) is 67.3 cm³/mol. The van der Waals surface area contributed by atoms with Gasteiger partial charge in [0.15, 0.2) is 0 Å². The average molecular weight is 224 g/mol. The summed E-state index contributed by atoms with van der Waals surface area (Å²) in [6.07, 6.45) is 7.99. The summed E-state index contributed by atoms with van der Waals surface area (Å²) < 4.78 is 0. The molecule has 0 radical (unpaired) electrons. The van der Waals surface area contributed by atoms with Crippen molar-refractivity contribution >= 4 is 11.3 Å². The van der Waals surface area contributed by atoms with Gasteiger partial charge in [0, 0.05) is 24.0 Å². The van der Waals surface area contributed by atoms with Gasteiger partial charge in [0.25, 0.3) is 0 Å². The number of anilines is 1. The van der Waals surface area contributed by atoms with Gasteiger partial charge < -0.3 is 4.90 Å². The van der Waals surface area contributed by atoms with Gasteiger partial charge in [0.1, 0.15) is 5.69 Å². The number of benzene rings is 1. The largest absolute Gasteiger partial charge is 0.344 e. The number of para-hydroxylation sites is 1. The van der Waals surface area contributed by atoms with Crippen LogP contribution < -0.4 is 4.90 Å². The molecule has 1 aliphatic heterocycles. The zero-order chi connectivity index (χ0) is 11.5. The molecule has 2 aromatic rings. The van der Waals surface area contributed by atoms with Crippen molar-refractivity contribution in [3.8, 4) is 0 Å². The van der Waals surface area contributed by atoms with E-state index in [1.807, 2.05) is 24.3 Å². The van der Waals surface area contributed by atoms with Gasteiger partial charge in [-0.15, -0.1) is 0 Å². The molecule has 17 heavy (non-hydrogen) atoms. The minimum Gasteiger partial charge on any atom is -0.344 e. The Morgan fingerprint density at radius 1 is 1.18 bits per heavy atom. The van der Waals surface area contributed by atoms with Crippen LogP contribution in [0.25, 0.3) is 5.57 Å². The lowest BCUT2D eigenvalue weighted by atomic mass is 10.1. The second kappa shape index (κ2) is 4.25. The molecule has 1 N–H and O–H groups in total. The van der Waals surface area contributed by atoms with E-state index in [9.17, 15) is 0 Å². The second-order valence-corrected chi connectivity index (χ2v) is 3.82. The van der Waals surface area contributed by atoms with E-state index >= 15 is 0 Å². The molecule has 0 saturated heterocycles. The number of hydrogen-bond acceptors (Lipinski definition) is 3. The second-order valence-electron chi connectivity index (χ2n) is 3.82. The van der Waals surface area contributed by atoms with E-state index in [1.54, 1.807) is 6.20 Å². The highest BCUT2D eigenvalue weighted by Gasteiger charge is 2.09. The van der Waals surface area contributed by atoms with Crippen LogP contribution in [0.1, 0.15) is 5.69 Å². The third-order valence-corrected chi connectivity index (χ3v) is 2.74. The molecule has 0 saturated carbocycles. The molecular weight excluding hydrogens is 212 g/mol. The maximum absolute atomic E-state index is 4.06. The number of allylic oxidation sites excluding steroid dienone is 2. The Hall–Kier alpha value is -2.36. The van der Waals surface area contributed by atoms with Crippen LogP contribution in [0.15, 0.2) is 54.9 Å². The standard InChI is InChI=1S/C13H12N4/c1-2-4-12(5-3-1)17-8-6-11(7-9-17)13-10-14-16-15-13/h1-8,10H,9H2,(H,14,15,16). The van der Waals surface area contributed by atoms with Crippen molar-refractivity contribution in [3.05, 3.63) is 60.6 Å². The number of nitrogens with one attached hydrogen (secondary N) is 1. The molecule has 0 bridgehead atoms. The minimum absolute atomic E-state index is 0.850. The summed E-state index contributed by atoms with van der Waals surface area (Å²) in [7, 11) is 0. The Morgan fingerprint density at radius 2 is 2.06 bits per heavy atom. The molecule has 0 spiro atoms. The SMILES string of the molecule is C1=CN(c2ccccc2)CC=C1c1cn[nH]n1. The highest BCUT2D eigenvalue weighted by atomic mass is 15.3. The van der Waals surface area contributed by atoms with E-state index in [4.69, 9.17) is 0 Å². The fourth-order valence-corrected chi connectivity index (χ4v) is 1.84. The average Bonchev–Trinajstić information content (AvgIpc) is 2.94. The molecule has 0 fully saturated rings. The van der Waals surface area contributed by atoms with Gasteiger partial charge in [0.2, 0.25) is 0 Å². The molecule has 1 aliphatic rings. The van der Waals surface area contributed by atoms with Gasteiger partial charge in [0.05, 0.1) is 6.20 Å². The van der Waals surface area contributed by atoms with Gasteiger partial charge in [-0.1, -0.05) is 24.3 Å². The topological polar surface area (TPSA) is 44.8 Å². The predicted octanol–water partition coefficient (Wildman–Crippen LogP) is 2.22. The van der Waals surface area contributed by atoms with Gasteiger partial charge in [-0.3, -0.25) is 0 Å². The van der Waals surface area contributed by atoms with Crippen molar-refractivity contribution < 1.29 is 0 Å². The normalized spacial score (nSPS) is 14.8. The molecular formula is C13H12N4. The van der Waals surface area contributed by atoms with Crippen LogP contribution in [0, 0.1) is 0 Å². The van der Waals surface area contributed by atoms with Crippen molar-refractivity contribution in [2.24, 2.45) is 0 Å².